The third-order valence-electron chi connectivity index (χ3n) is 2.29. The van der Waals surface area contributed by atoms with E-state index in [4.69, 9.17) is 11.6 Å². The summed E-state index contributed by atoms with van der Waals surface area (Å²) in [5, 5.41) is 5.77. The van der Waals surface area contributed by atoms with Crippen LogP contribution in [0.4, 0.5) is 0 Å². The molecule has 0 aliphatic rings. The van der Waals surface area contributed by atoms with Crippen molar-refractivity contribution in [2.45, 2.75) is 5.75 Å². The molecule has 1 aromatic heterocycles. The zero-order chi connectivity index (χ0) is 10.7. The van der Waals surface area contributed by atoms with Gasteiger partial charge in [-0.1, -0.05) is 18.2 Å². The molecule has 2 nitrogen and oxygen atoms in total. The predicted molar refractivity (Wildman–Crippen MR) is 67.6 cm³/mol. The Hall–Kier alpha value is -0.670. The summed E-state index contributed by atoms with van der Waals surface area (Å²) in [5.41, 5.74) is 2.35. The van der Waals surface area contributed by atoms with E-state index < -0.39 is 0 Å². The standard InChI is InChI=1S/C11H13ClN2S/c1-14-11-5-3-2-4-9(11)10(13-14)8-15-7-6-12/h2-5H,6-8H2,1H3. The highest BCUT2D eigenvalue weighted by atomic mass is 35.5. The molecule has 0 aliphatic carbocycles. The lowest BCUT2D eigenvalue weighted by molar-refractivity contribution is 0.781. The van der Waals surface area contributed by atoms with Gasteiger partial charge >= 0.3 is 0 Å². The van der Waals surface area contributed by atoms with Crippen molar-refractivity contribution in [2.75, 3.05) is 11.6 Å². The van der Waals surface area contributed by atoms with Crippen molar-refractivity contribution in [3.63, 3.8) is 0 Å². The molecule has 0 unspecified atom stereocenters. The lowest BCUT2D eigenvalue weighted by Crippen LogP contribution is -1.91. The minimum atomic E-state index is 0.704. The largest absolute Gasteiger partial charge is 0.268 e. The van der Waals surface area contributed by atoms with Crippen molar-refractivity contribution >= 4 is 34.3 Å². The van der Waals surface area contributed by atoms with Gasteiger partial charge in [-0.25, -0.2) is 0 Å². The van der Waals surface area contributed by atoms with Gasteiger partial charge in [-0.05, 0) is 6.07 Å². The van der Waals surface area contributed by atoms with Crippen molar-refractivity contribution in [3.05, 3.63) is 30.0 Å². The molecule has 0 radical (unpaired) electrons. The first-order valence-corrected chi connectivity index (χ1v) is 6.56. The highest BCUT2D eigenvalue weighted by molar-refractivity contribution is 7.98. The number of alkyl halides is 1. The maximum Gasteiger partial charge on any atom is 0.0802 e. The van der Waals surface area contributed by atoms with E-state index in [0.717, 1.165) is 17.2 Å². The molecule has 2 aromatic rings. The second kappa shape index (κ2) is 4.90. The highest BCUT2D eigenvalue weighted by Crippen LogP contribution is 2.21. The van der Waals surface area contributed by atoms with Crippen molar-refractivity contribution < 1.29 is 0 Å². The normalized spacial score (nSPS) is 11.1. The molecular weight excluding hydrogens is 228 g/mol. The Morgan fingerprint density at radius 1 is 1.40 bits per heavy atom. The molecular formula is C11H13ClN2S. The molecule has 0 saturated carbocycles. The molecule has 4 heteroatoms. The van der Waals surface area contributed by atoms with Gasteiger partial charge in [0.25, 0.3) is 0 Å². The summed E-state index contributed by atoms with van der Waals surface area (Å²) in [6, 6.07) is 8.32. The molecule has 2 rings (SSSR count). The molecule has 0 atom stereocenters. The first kappa shape index (κ1) is 10.8. The molecule has 0 N–H and O–H groups in total. The Morgan fingerprint density at radius 2 is 2.20 bits per heavy atom. The van der Waals surface area contributed by atoms with Crippen LogP contribution in [-0.2, 0) is 12.8 Å². The quantitative estimate of drug-likeness (QED) is 0.604. The van der Waals surface area contributed by atoms with Crippen LogP contribution in [0.25, 0.3) is 10.9 Å². The van der Waals surface area contributed by atoms with Crippen LogP contribution in [0.3, 0.4) is 0 Å². The number of fused-ring (bicyclic) bond motifs is 1. The number of benzene rings is 1. The van der Waals surface area contributed by atoms with Gasteiger partial charge < -0.3 is 0 Å². The first-order chi connectivity index (χ1) is 7.33. The van der Waals surface area contributed by atoms with Crippen LogP contribution in [0.1, 0.15) is 5.69 Å². The Balaban J connectivity index is 2.27. The van der Waals surface area contributed by atoms with E-state index in [1.54, 1.807) is 0 Å². The maximum atomic E-state index is 5.64. The number of aryl methyl sites for hydroxylation is 1. The number of rotatable bonds is 4. The van der Waals surface area contributed by atoms with E-state index in [9.17, 15) is 0 Å². The van der Waals surface area contributed by atoms with E-state index in [2.05, 4.69) is 23.3 Å². The molecule has 0 spiro atoms. The summed E-state index contributed by atoms with van der Waals surface area (Å²) in [5.74, 6) is 2.62. The Bertz CT molecular complexity index is 453. The highest BCUT2D eigenvalue weighted by Gasteiger charge is 2.06. The van der Waals surface area contributed by atoms with Crippen LogP contribution < -0.4 is 0 Å². The maximum absolute atomic E-state index is 5.64. The van der Waals surface area contributed by atoms with Gasteiger partial charge in [-0.15, -0.1) is 11.6 Å². The van der Waals surface area contributed by atoms with Crippen LogP contribution in [0.15, 0.2) is 24.3 Å². The topological polar surface area (TPSA) is 17.8 Å². The van der Waals surface area contributed by atoms with Gasteiger partial charge in [-0.2, -0.15) is 16.9 Å². The molecule has 0 amide bonds. The Morgan fingerprint density at radius 3 is 3.00 bits per heavy atom. The number of hydrogen-bond acceptors (Lipinski definition) is 2. The van der Waals surface area contributed by atoms with Crippen LogP contribution in [-0.4, -0.2) is 21.4 Å². The molecule has 0 bridgehead atoms. The smallest absolute Gasteiger partial charge is 0.0802 e. The third kappa shape index (κ3) is 2.29. The lowest BCUT2D eigenvalue weighted by Gasteiger charge is -1.95. The van der Waals surface area contributed by atoms with E-state index in [1.165, 1.54) is 10.9 Å². The summed E-state index contributed by atoms with van der Waals surface area (Å²) in [6.45, 7) is 0. The number of halogens is 1. The molecule has 0 saturated heterocycles. The van der Waals surface area contributed by atoms with Gasteiger partial charge in [-0.3, -0.25) is 4.68 Å². The van der Waals surface area contributed by atoms with Crippen molar-refractivity contribution in [2.24, 2.45) is 7.05 Å². The summed E-state index contributed by atoms with van der Waals surface area (Å²) in [7, 11) is 1.98. The van der Waals surface area contributed by atoms with E-state index in [0.29, 0.717) is 5.88 Å². The summed E-state index contributed by atoms with van der Waals surface area (Å²) in [6.07, 6.45) is 0. The zero-order valence-electron chi connectivity index (χ0n) is 8.61. The zero-order valence-corrected chi connectivity index (χ0v) is 10.2. The van der Waals surface area contributed by atoms with E-state index >= 15 is 0 Å². The van der Waals surface area contributed by atoms with Crippen molar-refractivity contribution in [3.8, 4) is 0 Å². The van der Waals surface area contributed by atoms with Crippen molar-refractivity contribution in [1.82, 2.24) is 9.78 Å². The molecule has 0 fully saturated rings. The summed E-state index contributed by atoms with van der Waals surface area (Å²) >= 11 is 7.47. The van der Waals surface area contributed by atoms with Gasteiger partial charge in [0, 0.05) is 29.8 Å². The number of aromatic nitrogens is 2. The lowest BCUT2D eigenvalue weighted by atomic mass is 10.2. The van der Waals surface area contributed by atoms with Gasteiger partial charge in [0.15, 0.2) is 0 Å². The fourth-order valence-corrected chi connectivity index (χ4v) is 2.61. The van der Waals surface area contributed by atoms with Crippen LogP contribution >= 0.6 is 23.4 Å². The Kier molecular flexibility index (Phi) is 3.54. The van der Waals surface area contributed by atoms with E-state index in [-0.39, 0.29) is 0 Å². The molecule has 1 aromatic carbocycles. The second-order valence-corrected chi connectivity index (χ2v) is 4.81. The minimum absolute atomic E-state index is 0.704. The first-order valence-electron chi connectivity index (χ1n) is 4.87. The van der Waals surface area contributed by atoms with E-state index in [1.807, 2.05) is 29.6 Å². The average Bonchev–Trinajstić information content (AvgIpc) is 2.58. The molecule has 15 heavy (non-hydrogen) atoms. The second-order valence-electron chi connectivity index (χ2n) is 3.33. The van der Waals surface area contributed by atoms with Gasteiger partial charge in [0.05, 0.1) is 11.2 Å². The van der Waals surface area contributed by atoms with Crippen molar-refractivity contribution in [1.29, 1.82) is 0 Å². The molecule has 0 aliphatic heterocycles. The number of para-hydroxylation sites is 1. The fraction of sp³-hybridized carbons (Fsp3) is 0.364. The average molecular weight is 241 g/mol. The number of thioether (sulfide) groups is 1. The Labute approximate surface area is 98.6 Å². The number of nitrogens with zero attached hydrogens (tertiary/aromatic N) is 2. The summed E-state index contributed by atoms with van der Waals surface area (Å²) in [4.78, 5) is 0. The predicted octanol–water partition coefficient (Wildman–Crippen LogP) is 3.05. The molecule has 80 valence electrons. The SMILES string of the molecule is Cn1nc(CSCCCl)c2ccccc21. The van der Waals surface area contributed by atoms with Crippen LogP contribution in [0, 0.1) is 0 Å². The fourth-order valence-electron chi connectivity index (χ4n) is 1.62. The molecule has 1 heterocycles. The monoisotopic (exact) mass is 240 g/mol. The number of hydrogen-bond donors (Lipinski definition) is 0. The van der Waals surface area contributed by atoms with Gasteiger partial charge in [0.2, 0.25) is 0 Å². The summed E-state index contributed by atoms with van der Waals surface area (Å²) < 4.78 is 1.94. The van der Waals surface area contributed by atoms with Crippen LogP contribution in [0.5, 0.6) is 0 Å². The minimum Gasteiger partial charge on any atom is -0.268 e. The van der Waals surface area contributed by atoms with Crippen LogP contribution in [0.2, 0.25) is 0 Å². The van der Waals surface area contributed by atoms with Gasteiger partial charge in [0.1, 0.15) is 0 Å². The third-order valence-corrected chi connectivity index (χ3v) is 3.68.